The Morgan fingerprint density at radius 1 is 1.30 bits per heavy atom. The zero-order valence-electron chi connectivity index (χ0n) is 15.6. The van der Waals surface area contributed by atoms with Crippen LogP contribution in [0.5, 0.6) is 5.75 Å². The highest BCUT2D eigenvalue weighted by molar-refractivity contribution is 14.0. The van der Waals surface area contributed by atoms with Crippen molar-refractivity contribution in [1.82, 2.24) is 25.4 Å². The Hall–Kier alpha value is -1.55. The van der Waals surface area contributed by atoms with Gasteiger partial charge in [-0.1, -0.05) is 11.6 Å². The molecule has 0 spiro atoms. The molecule has 0 amide bonds. The molecule has 1 atom stereocenters. The Balaban J connectivity index is 0.00000261. The Bertz CT molecular complexity index is 749. The van der Waals surface area contributed by atoms with Gasteiger partial charge >= 0.3 is 0 Å². The van der Waals surface area contributed by atoms with Crippen LogP contribution in [0, 0.1) is 0 Å². The number of rotatable bonds is 7. The van der Waals surface area contributed by atoms with Crippen molar-refractivity contribution in [2.24, 2.45) is 4.99 Å². The maximum atomic E-state index is 5.89. The van der Waals surface area contributed by atoms with Crippen molar-refractivity contribution in [3.05, 3.63) is 40.9 Å². The molecule has 2 heterocycles. The van der Waals surface area contributed by atoms with E-state index in [4.69, 9.17) is 16.3 Å². The van der Waals surface area contributed by atoms with Crippen LogP contribution in [0.25, 0.3) is 0 Å². The molecule has 0 aliphatic carbocycles. The van der Waals surface area contributed by atoms with E-state index in [1.54, 1.807) is 0 Å². The topological polar surface area (TPSA) is 76.4 Å². The third-order valence-corrected chi connectivity index (χ3v) is 4.37. The first-order valence-corrected chi connectivity index (χ1v) is 9.39. The van der Waals surface area contributed by atoms with E-state index in [0.29, 0.717) is 18.1 Å². The van der Waals surface area contributed by atoms with E-state index in [1.807, 2.05) is 38.1 Å². The number of aliphatic imine (C=N–C) groups is 1. The van der Waals surface area contributed by atoms with Gasteiger partial charge in [-0.25, -0.2) is 4.99 Å². The largest absolute Gasteiger partial charge is 0.489 e. The lowest BCUT2D eigenvalue weighted by molar-refractivity contribution is 0.224. The van der Waals surface area contributed by atoms with E-state index in [-0.39, 0.29) is 30.1 Å². The molecule has 9 heteroatoms. The second kappa shape index (κ2) is 10.7. The van der Waals surface area contributed by atoms with Crippen LogP contribution in [-0.4, -0.2) is 39.9 Å². The number of nitrogens with one attached hydrogen (secondary N) is 2. The summed E-state index contributed by atoms with van der Waals surface area (Å²) in [7, 11) is 0. The van der Waals surface area contributed by atoms with Crippen LogP contribution >= 0.6 is 35.6 Å². The predicted molar refractivity (Wildman–Crippen MR) is 118 cm³/mol. The number of aromatic nitrogens is 3. The van der Waals surface area contributed by atoms with Gasteiger partial charge in [0.15, 0.2) is 11.8 Å². The van der Waals surface area contributed by atoms with E-state index >= 15 is 0 Å². The van der Waals surface area contributed by atoms with Crippen molar-refractivity contribution < 1.29 is 4.74 Å². The van der Waals surface area contributed by atoms with E-state index in [0.717, 1.165) is 49.3 Å². The molecule has 1 aromatic heterocycles. The summed E-state index contributed by atoms with van der Waals surface area (Å²) in [6.07, 6.45) is 2.13. The lowest BCUT2D eigenvalue weighted by Crippen LogP contribution is -2.41. The van der Waals surface area contributed by atoms with Gasteiger partial charge in [0.25, 0.3) is 0 Å². The van der Waals surface area contributed by atoms with Crippen LogP contribution in [0.2, 0.25) is 5.02 Å². The number of hydrogen-bond donors (Lipinski definition) is 2. The lowest BCUT2D eigenvalue weighted by atomic mass is 10.3. The molecule has 0 bridgehead atoms. The van der Waals surface area contributed by atoms with Gasteiger partial charge in [0.05, 0.1) is 6.54 Å². The fourth-order valence-corrected chi connectivity index (χ4v) is 2.97. The summed E-state index contributed by atoms with van der Waals surface area (Å²) in [6, 6.07) is 7.37. The number of fused-ring (bicyclic) bond motifs is 1. The maximum absolute atomic E-state index is 5.89. The van der Waals surface area contributed by atoms with Gasteiger partial charge in [0.2, 0.25) is 0 Å². The Labute approximate surface area is 182 Å². The number of halogens is 2. The van der Waals surface area contributed by atoms with Crippen LogP contribution in [0.15, 0.2) is 29.3 Å². The highest BCUT2D eigenvalue weighted by Gasteiger charge is 2.16. The van der Waals surface area contributed by atoms with Gasteiger partial charge in [-0.05, 0) is 44.5 Å². The zero-order valence-corrected chi connectivity index (χ0v) is 18.7. The third kappa shape index (κ3) is 6.24. The first-order valence-electron chi connectivity index (χ1n) is 9.01. The molecule has 148 valence electrons. The average molecular weight is 505 g/mol. The molecule has 1 aromatic carbocycles. The SMILES string of the molecule is CCNC(=NCc1nnc2n1CCC2)NCC(C)Oc1ccc(Cl)cc1.I. The number of ether oxygens (including phenoxy) is 1. The van der Waals surface area contributed by atoms with Crippen molar-refractivity contribution in [2.75, 3.05) is 13.1 Å². The second-order valence-electron chi connectivity index (χ2n) is 6.25. The van der Waals surface area contributed by atoms with Gasteiger partial charge in [-0.3, -0.25) is 0 Å². The quantitative estimate of drug-likeness (QED) is 0.344. The van der Waals surface area contributed by atoms with Crippen LogP contribution < -0.4 is 15.4 Å². The molecule has 0 saturated carbocycles. The number of aryl methyl sites for hydroxylation is 1. The molecule has 0 fully saturated rings. The second-order valence-corrected chi connectivity index (χ2v) is 6.68. The van der Waals surface area contributed by atoms with Crippen LogP contribution in [0.4, 0.5) is 0 Å². The summed E-state index contributed by atoms with van der Waals surface area (Å²) in [4.78, 5) is 4.62. The van der Waals surface area contributed by atoms with Crippen molar-refractivity contribution in [3.63, 3.8) is 0 Å². The Kier molecular flexibility index (Phi) is 8.62. The highest BCUT2D eigenvalue weighted by atomic mass is 127. The smallest absolute Gasteiger partial charge is 0.191 e. The number of benzene rings is 1. The number of guanidine groups is 1. The Morgan fingerprint density at radius 3 is 2.81 bits per heavy atom. The molecule has 3 rings (SSSR count). The van der Waals surface area contributed by atoms with Crippen molar-refractivity contribution in [1.29, 1.82) is 0 Å². The molecule has 1 unspecified atom stereocenters. The molecule has 0 radical (unpaired) electrons. The number of nitrogens with zero attached hydrogens (tertiary/aromatic N) is 4. The summed E-state index contributed by atoms with van der Waals surface area (Å²) in [6.45, 7) is 6.97. The maximum Gasteiger partial charge on any atom is 0.191 e. The van der Waals surface area contributed by atoms with Crippen molar-refractivity contribution >= 4 is 41.5 Å². The first kappa shape index (κ1) is 21.7. The summed E-state index contributed by atoms with van der Waals surface area (Å²) < 4.78 is 8.04. The standard InChI is InChI=1S/C18H25ClN6O.HI/c1-3-20-18(22-12-17-24-23-16-5-4-10-25(16)17)21-11-13(2)26-15-8-6-14(19)7-9-15;/h6-9,13H,3-5,10-12H2,1-2H3,(H2,20,21,22);1H. The van der Waals surface area contributed by atoms with Gasteiger partial charge in [0.1, 0.15) is 24.2 Å². The lowest BCUT2D eigenvalue weighted by Gasteiger charge is -2.17. The first-order chi connectivity index (χ1) is 12.7. The van der Waals surface area contributed by atoms with E-state index in [2.05, 4.69) is 30.4 Å². The van der Waals surface area contributed by atoms with E-state index in [9.17, 15) is 0 Å². The summed E-state index contributed by atoms with van der Waals surface area (Å²) in [5, 5.41) is 15.7. The van der Waals surface area contributed by atoms with Gasteiger partial charge in [-0.15, -0.1) is 34.2 Å². The minimum atomic E-state index is -0.0163. The fraction of sp³-hybridized carbons (Fsp3) is 0.500. The third-order valence-electron chi connectivity index (χ3n) is 4.12. The molecular weight excluding hydrogens is 479 g/mol. The van der Waals surface area contributed by atoms with Gasteiger partial charge in [-0.2, -0.15) is 0 Å². The molecule has 1 aliphatic heterocycles. The predicted octanol–water partition coefficient (Wildman–Crippen LogP) is 3.02. The van der Waals surface area contributed by atoms with Crippen LogP contribution in [-0.2, 0) is 19.5 Å². The molecule has 2 aromatic rings. The van der Waals surface area contributed by atoms with E-state index in [1.165, 1.54) is 0 Å². The molecule has 0 saturated heterocycles. The zero-order chi connectivity index (χ0) is 18.4. The van der Waals surface area contributed by atoms with Crippen LogP contribution in [0.1, 0.15) is 31.9 Å². The summed E-state index contributed by atoms with van der Waals surface area (Å²) in [5.41, 5.74) is 0. The highest BCUT2D eigenvalue weighted by Crippen LogP contribution is 2.16. The normalized spacial score (nSPS) is 14.3. The monoisotopic (exact) mass is 504 g/mol. The molecular formula is C18H26ClIN6O. The number of hydrogen-bond acceptors (Lipinski definition) is 4. The van der Waals surface area contributed by atoms with Gasteiger partial charge in [0, 0.05) is 24.5 Å². The minimum absolute atomic E-state index is 0. The Morgan fingerprint density at radius 2 is 2.07 bits per heavy atom. The fourth-order valence-electron chi connectivity index (χ4n) is 2.85. The van der Waals surface area contributed by atoms with Crippen molar-refractivity contribution in [2.45, 2.75) is 45.9 Å². The molecule has 1 aliphatic rings. The van der Waals surface area contributed by atoms with Crippen molar-refractivity contribution in [3.8, 4) is 5.75 Å². The minimum Gasteiger partial charge on any atom is -0.489 e. The van der Waals surface area contributed by atoms with Gasteiger partial charge < -0.3 is 19.9 Å². The molecule has 27 heavy (non-hydrogen) atoms. The summed E-state index contributed by atoms with van der Waals surface area (Å²) >= 11 is 5.89. The summed E-state index contributed by atoms with van der Waals surface area (Å²) in [5.74, 6) is 3.53. The molecule has 2 N–H and O–H groups in total. The van der Waals surface area contributed by atoms with Crippen LogP contribution in [0.3, 0.4) is 0 Å². The van der Waals surface area contributed by atoms with E-state index < -0.39 is 0 Å². The molecule has 7 nitrogen and oxygen atoms in total. The average Bonchev–Trinajstić information content (AvgIpc) is 3.23.